The van der Waals surface area contributed by atoms with Gasteiger partial charge in [0.25, 0.3) is 0 Å². The summed E-state index contributed by atoms with van der Waals surface area (Å²) in [5.74, 6) is -0.911. The van der Waals surface area contributed by atoms with Crippen molar-refractivity contribution in [1.82, 2.24) is 0 Å². The lowest BCUT2D eigenvalue weighted by Gasteiger charge is -2.18. The van der Waals surface area contributed by atoms with E-state index in [4.69, 9.17) is 14.2 Å². The molecule has 0 N–H and O–H groups in total. The van der Waals surface area contributed by atoms with Gasteiger partial charge in [-0.1, -0.05) is 229 Å². The van der Waals surface area contributed by atoms with Gasteiger partial charge < -0.3 is 14.2 Å². The summed E-state index contributed by atoms with van der Waals surface area (Å²) < 4.78 is 16.8. The molecule has 0 heterocycles. The lowest BCUT2D eigenvalue weighted by Crippen LogP contribution is -2.30. The summed E-state index contributed by atoms with van der Waals surface area (Å²) in [4.78, 5) is 38.1. The number of allylic oxidation sites excluding steroid dienone is 10. The highest BCUT2D eigenvalue weighted by molar-refractivity contribution is 5.71. The van der Waals surface area contributed by atoms with Crippen molar-refractivity contribution in [2.24, 2.45) is 0 Å². The molecule has 0 aromatic rings. The highest BCUT2D eigenvalue weighted by Crippen LogP contribution is 2.15. The second kappa shape index (κ2) is 53.7. The van der Waals surface area contributed by atoms with Gasteiger partial charge in [-0.05, 0) is 89.9 Å². The Kier molecular flexibility index (Phi) is 51.3. The van der Waals surface area contributed by atoms with Crippen molar-refractivity contribution >= 4 is 17.9 Å². The summed E-state index contributed by atoms with van der Waals surface area (Å²) in [5, 5.41) is 0. The van der Waals surface area contributed by atoms with E-state index in [1.54, 1.807) is 0 Å². The predicted octanol–water partition coefficient (Wildman–Crippen LogP) is 18.4. The highest BCUT2D eigenvalue weighted by Gasteiger charge is 2.19. The van der Waals surface area contributed by atoms with Crippen LogP contribution in [0.2, 0.25) is 0 Å². The largest absolute Gasteiger partial charge is 0.462 e. The van der Waals surface area contributed by atoms with Crippen LogP contribution in [0.5, 0.6) is 0 Å². The maximum Gasteiger partial charge on any atom is 0.306 e. The summed E-state index contributed by atoms with van der Waals surface area (Å²) in [7, 11) is 0. The van der Waals surface area contributed by atoms with Crippen molar-refractivity contribution in [2.75, 3.05) is 13.2 Å². The van der Waals surface area contributed by atoms with E-state index in [0.717, 1.165) is 83.5 Å². The van der Waals surface area contributed by atoms with Crippen molar-refractivity contribution in [3.8, 4) is 0 Å². The Balaban J connectivity index is 4.41. The molecule has 0 amide bonds. The normalized spacial score (nSPS) is 12.5. The van der Waals surface area contributed by atoms with Crippen molar-refractivity contribution in [1.29, 1.82) is 0 Å². The van der Waals surface area contributed by atoms with E-state index in [2.05, 4.69) is 81.5 Å². The predicted molar refractivity (Wildman–Crippen MR) is 279 cm³/mol. The van der Waals surface area contributed by atoms with Crippen LogP contribution in [0.25, 0.3) is 0 Å². The monoisotopic (exact) mass is 909 g/mol. The molecule has 65 heavy (non-hydrogen) atoms. The van der Waals surface area contributed by atoms with Crippen LogP contribution < -0.4 is 0 Å². The second-order valence-electron chi connectivity index (χ2n) is 18.5. The highest BCUT2D eigenvalue weighted by atomic mass is 16.6. The van der Waals surface area contributed by atoms with Crippen molar-refractivity contribution in [3.63, 3.8) is 0 Å². The van der Waals surface area contributed by atoms with Crippen LogP contribution in [0.3, 0.4) is 0 Å². The van der Waals surface area contributed by atoms with E-state index in [9.17, 15) is 14.4 Å². The van der Waals surface area contributed by atoms with Gasteiger partial charge in [0.05, 0.1) is 0 Å². The minimum absolute atomic E-state index is 0.0846. The molecule has 0 saturated heterocycles. The van der Waals surface area contributed by atoms with Gasteiger partial charge in [0.1, 0.15) is 13.2 Å². The second-order valence-corrected chi connectivity index (χ2v) is 18.5. The third-order valence-electron chi connectivity index (χ3n) is 12.0. The lowest BCUT2D eigenvalue weighted by molar-refractivity contribution is -0.167. The molecule has 0 spiro atoms. The standard InChI is InChI=1S/C59H104O6/c1-4-7-10-13-16-19-22-25-27-28-29-30-32-35-37-40-43-46-49-52-58(61)64-55-56(65-59(62)53-50-47-44-41-38-33-24-21-18-15-12-9-6-3)54-63-57(60)51-48-45-42-39-36-34-31-26-23-20-17-14-11-8-5-2/h16,19-20,23,25,27,29-30,35,37,56H,4-15,17-18,21-22,24,26,28,31-34,36,38-55H2,1-3H3/b19-16-,23-20-,27-25-,30-29-,37-35-/t56-/m0/s1. The maximum atomic E-state index is 12.8. The summed E-state index contributed by atoms with van der Waals surface area (Å²) in [6.45, 7) is 6.58. The van der Waals surface area contributed by atoms with Gasteiger partial charge in [0.2, 0.25) is 0 Å². The number of carbonyl (C=O) groups is 3. The van der Waals surface area contributed by atoms with Gasteiger partial charge >= 0.3 is 17.9 Å². The van der Waals surface area contributed by atoms with Crippen molar-refractivity contribution in [3.05, 3.63) is 60.8 Å². The maximum absolute atomic E-state index is 12.8. The molecule has 376 valence electrons. The molecule has 6 heteroatoms. The smallest absolute Gasteiger partial charge is 0.306 e. The minimum atomic E-state index is -0.786. The number of rotatable bonds is 50. The molecule has 0 bridgehead atoms. The van der Waals surface area contributed by atoms with E-state index < -0.39 is 6.10 Å². The number of carbonyl (C=O) groups excluding carboxylic acids is 3. The third-order valence-corrected chi connectivity index (χ3v) is 12.0. The molecular formula is C59H104O6. The Morgan fingerprint density at radius 3 is 0.938 bits per heavy atom. The summed E-state index contributed by atoms with van der Waals surface area (Å²) in [6, 6.07) is 0. The van der Waals surface area contributed by atoms with Crippen LogP contribution in [0.1, 0.15) is 278 Å². The molecule has 0 rings (SSSR count). The molecule has 6 nitrogen and oxygen atoms in total. The molecule has 0 saturated carbocycles. The number of ether oxygens (including phenoxy) is 3. The van der Waals surface area contributed by atoms with Gasteiger partial charge in [0, 0.05) is 19.3 Å². The number of hydrogen-bond donors (Lipinski definition) is 0. The Labute approximate surface area is 402 Å². The first-order chi connectivity index (χ1) is 32.0. The Morgan fingerprint density at radius 1 is 0.308 bits per heavy atom. The van der Waals surface area contributed by atoms with Gasteiger partial charge in [-0.25, -0.2) is 0 Å². The van der Waals surface area contributed by atoms with E-state index in [1.165, 1.54) is 154 Å². The number of esters is 3. The van der Waals surface area contributed by atoms with Crippen LogP contribution >= 0.6 is 0 Å². The number of hydrogen-bond acceptors (Lipinski definition) is 6. The van der Waals surface area contributed by atoms with Crippen LogP contribution in [0.15, 0.2) is 60.8 Å². The minimum Gasteiger partial charge on any atom is -0.462 e. The topological polar surface area (TPSA) is 78.9 Å². The summed E-state index contributed by atoms with van der Waals surface area (Å²) >= 11 is 0. The average molecular weight is 909 g/mol. The fraction of sp³-hybridized carbons (Fsp3) is 0.780. The zero-order chi connectivity index (χ0) is 47.2. The van der Waals surface area contributed by atoms with Gasteiger partial charge in [-0.2, -0.15) is 0 Å². The lowest BCUT2D eigenvalue weighted by atomic mass is 10.0. The molecule has 0 aliphatic heterocycles. The fourth-order valence-electron chi connectivity index (χ4n) is 7.77. The molecule has 1 atom stereocenters. The quantitative estimate of drug-likeness (QED) is 0.0262. The molecule has 0 aliphatic rings. The van der Waals surface area contributed by atoms with Gasteiger partial charge in [-0.15, -0.1) is 0 Å². The molecule has 0 aliphatic carbocycles. The number of unbranched alkanes of at least 4 members (excludes halogenated alkanes) is 29. The molecular weight excluding hydrogens is 805 g/mol. The van der Waals surface area contributed by atoms with Crippen molar-refractivity contribution in [2.45, 2.75) is 284 Å². The average Bonchev–Trinajstić information content (AvgIpc) is 3.30. The van der Waals surface area contributed by atoms with Crippen LogP contribution in [0, 0.1) is 0 Å². The van der Waals surface area contributed by atoms with Gasteiger partial charge in [0.15, 0.2) is 6.10 Å². The van der Waals surface area contributed by atoms with Crippen molar-refractivity contribution < 1.29 is 28.6 Å². The van der Waals surface area contributed by atoms with E-state index in [-0.39, 0.29) is 31.1 Å². The van der Waals surface area contributed by atoms with E-state index in [0.29, 0.717) is 19.3 Å². The molecule has 0 unspecified atom stereocenters. The molecule has 0 fully saturated rings. The zero-order valence-electron chi connectivity index (χ0n) is 43.0. The Morgan fingerprint density at radius 2 is 0.554 bits per heavy atom. The van der Waals surface area contributed by atoms with Crippen LogP contribution in [-0.2, 0) is 28.6 Å². The third kappa shape index (κ3) is 51.9. The zero-order valence-corrected chi connectivity index (χ0v) is 43.0. The van der Waals surface area contributed by atoms with Gasteiger partial charge in [-0.3, -0.25) is 14.4 Å². The molecule has 0 radical (unpaired) electrons. The SMILES string of the molecule is CCCCC/C=C\C/C=C\C/C=C\C/C=C\CCCCCC(=O)OC[C@H](COC(=O)CCCCCCCCC/C=C\CCCCCC)OC(=O)CCCCCCCCCCCCCCC. The first-order valence-electron chi connectivity index (χ1n) is 27.8. The molecule has 0 aromatic heterocycles. The first-order valence-corrected chi connectivity index (χ1v) is 27.8. The Bertz CT molecular complexity index is 1180. The fourth-order valence-corrected chi connectivity index (χ4v) is 7.77. The van der Waals surface area contributed by atoms with E-state index >= 15 is 0 Å². The summed E-state index contributed by atoms with van der Waals surface area (Å²) in [6.07, 6.45) is 66.3. The first kappa shape index (κ1) is 62.1. The Hall–Kier alpha value is -2.89. The molecule has 0 aromatic carbocycles. The summed E-state index contributed by atoms with van der Waals surface area (Å²) in [5.41, 5.74) is 0. The van der Waals surface area contributed by atoms with Crippen LogP contribution in [-0.4, -0.2) is 37.2 Å². The van der Waals surface area contributed by atoms with Crippen LogP contribution in [0.4, 0.5) is 0 Å². The van der Waals surface area contributed by atoms with E-state index in [1.807, 2.05) is 0 Å².